The summed E-state index contributed by atoms with van der Waals surface area (Å²) in [5.41, 5.74) is -0.581. The second-order valence-corrected chi connectivity index (χ2v) is 16.5. The number of hydrogen-bond donors (Lipinski definition) is 4. The third kappa shape index (κ3) is 29.7. The van der Waals surface area contributed by atoms with Crippen LogP contribution in [-0.2, 0) is 22.2 Å². The minimum Gasteiger partial charge on any atom is -0.365 e. The Morgan fingerprint density at radius 3 is 1.69 bits per heavy atom. The number of unbranched alkanes of at least 4 members (excludes halogenated alkanes) is 1. The van der Waals surface area contributed by atoms with Crippen LogP contribution < -0.4 is 16.0 Å². The van der Waals surface area contributed by atoms with Gasteiger partial charge in [-0.3, -0.25) is 14.4 Å². The molecule has 3 amide bonds. The van der Waals surface area contributed by atoms with Crippen molar-refractivity contribution in [2.75, 3.05) is 37.7 Å². The van der Waals surface area contributed by atoms with Crippen LogP contribution in [0, 0.1) is 5.41 Å². The van der Waals surface area contributed by atoms with E-state index in [2.05, 4.69) is 96.3 Å². The first kappa shape index (κ1) is 46.8. The highest BCUT2D eigenvalue weighted by molar-refractivity contribution is 14.1. The van der Waals surface area contributed by atoms with E-state index in [9.17, 15) is 14.4 Å². The van der Waals surface area contributed by atoms with Crippen LogP contribution in [0.5, 0.6) is 0 Å². The van der Waals surface area contributed by atoms with Gasteiger partial charge in [-0.05, 0) is 58.8 Å². The van der Waals surface area contributed by atoms with Gasteiger partial charge < -0.3 is 23.8 Å². The highest BCUT2D eigenvalue weighted by Gasteiger charge is 2.37. The number of halogens is 1. The van der Waals surface area contributed by atoms with E-state index in [1.807, 2.05) is 27.7 Å². The first-order valence-electron chi connectivity index (χ1n) is 16.9. The number of nitrogens with one attached hydrogen (secondary N) is 3. The van der Waals surface area contributed by atoms with Crippen LogP contribution in [-0.4, -0.2) is 66.5 Å². The van der Waals surface area contributed by atoms with E-state index in [0.29, 0.717) is 26.1 Å². The van der Waals surface area contributed by atoms with Crippen molar-refractivity contribution in [3.05, 3.63) is 60.8 Å². The van der Waals surface area contributed by atoms with Gasteiger partial charge in [0.25, 0.3) is 5.91 Å². The Hall–Kier alpha value is -1.19. The smallest absolute Gasteiger partial charge is 0.250 e. The van der Waals surface area contributed by atoms with Crippen molar-refractivity contribution in [3.63, 3.8) is 0 Å². The van der Waals surface area contributed by atoms with E-state index in [-0.39, 0.29) is 30.7 Å². The standard InChI is InChI=1S/C36H60IN3O5S3/c1-6-7-8-9-10-11-12-13-14-15-16-17-18-19-20-21-22-23-31(41)38-26-28-47-48-29-27-39-32(42)24-25-40-34(43)33(45-37)35(2,3)30-44-36(4,5)46/h7-8,10-11,13-14,16-17,19-20,33,46H,6,9,12,15,18,21-30H2,1-5H3,(H,38,41)(H,39,42)(H,40,43)/b8-7-,11-10-,14-13-,17-16-,20-19-/t33-/m0/s1. The molecular formula is C36H60IN3O5S3. The van der Waals surface area contributed by atoms with Crippen LogP contribution in [0.15, 0.2) is 60.8 Å². The van der Waals surface area contributed by atoms with Crippen molar-refractivity contribution < 1.29 is 22.2 Å². The summed E-state index contributed by atoms with van der Waals surface area (Å²) in [4.78, 5) is 36.2. The maximum absolute atomic E-state index is 12.6. The average Bonchev–Trinajstić information content (AvgIpc) is 3.02. The number of allylic oxidation sites excluding steroid dienone is 10. The van der Waals surface area contributed by atoms with E-state index in [1.165, 1.54) is 0 Å². The molecule has 0 aromatic heterocycles. The van der Waals surface area contributed by atoms with Gasteiger partial charge in [0.1, 0.15) is 27.9 Å². The van der Waals surface area contributed by atoms with Crippen LogP contribution in [0.1, 0.15) is 92.4 Å². The molecule has 274 valence electrons. The maximum atomic E-state index is 12.6. The first-order chi connectivity index (χ1) is 22.9. The molecule has 0 aliphatic rings. The van der Waals surface area contributed by atoms with E-state index in [1.54, 1.807) is 44.6 Å². The molecule has 3 N–H and O–H groups in total. The van der Waals surface area contributed by atoms with Crippen molar-refractivity contribution in [1.29, 1.82) is 0 Å². The minimum absolute atomic E-state index is 0.0854. The zero-order valence-corrected chi connectivity index (χ0v) is 34.3. The summed E-state index contributed by atoms with van der Waals surface area (Å²) >= 11 is 6.09. The molecule has 1 atom stereocenters. The van der Waals surface area contributed by atoms with Gasteiger partial charge in [-0.15, -0.1) is 12.6 Å². The SMILES string of the molecule is CC/C=C\C/C=C\C/C=C\C/C=C\C/C=C\CCCC(=O)NCCSSCCNC(=O)CCNC(=O)[C@H](OI)C(C)(C)COC(C)(C)S. The predicted octanol–water partition coefficient (Wildman–Crippen LogP) is 8.47. The molecular weight excluding hydrogens is 778 g/mol. The minimum atomic E-state index is -0.732. The average molecular weight is 838 g/mol. The summed E-state index contributed by atoms with van der Waals surface area (Å²) in [6, 6.07) is 0. The van der Waals surface area contributed by atoms with E-state index >= 15 is 0 Å². The van der Waals surface area contributed by atoms with Crippen molar-refractivity contribution >= 4 is 74.9 Å². The van der Waals surface area contributed by atoms with Gasteiger partial charge in [-0.25, -0.2) is 0 Å². The highest BCUT2D eigenvalue weighted by atomic mass is 127. The van der Waals surface area contributed by atoms with Gasteiger partial charge in [0.05, 0.1) is 6.61 Å². The summed E-state index contributed by atoms with van der Waals surface area (Å²) in [7, 11) is 3.33. The lowest BCUT2D eigenvalue weighted by Crippen LogP contribution is -2.47. The normalized spacial score (nSPS) is 13.4. The lowest BCUT2D eigenvalue weighted by molar-refractivity contribution is -0.134. The maximum Gasteiger partial charge on any atom is 0.250 e. The zero-order chi connectivity index (χ0) is 35.9. The van der Waals surface area contributed by atoms with Crippen molar-refractivity contribution in [1.82, 2.24) is 16.0 Å². The molecule has 0 aliphatic carbocycles. The Morgan fingerprint density at radius 2 is 1.21 bits per heavy atom. The van der Waals surface area contributed by atoms with E-state index in [4.69, 9.17) is 7.80 Å². The van der Waals surface area contributed by atoms with Crippen LogP contribution in [0.25, 0.3) is 0 Å². The molecule has 0 rings (SSSR count). The Balaban J connectivity index is 3.76. The summed E-state index contributed by atoms with van der Waals surface area (Å²) in [6.07, 6.45) is 28.5. The summed E-state index contributed by atoms with van der Waals surface area (Å²) in [5.74, 6) is 1.24. The van der Waals surface area contributed by atoms with Gasteiger partial charge in [-0.2, -0.15) is 0 Å². The van der Waals surface area contributed by atoms with E-state index in [0.717, 1.165) is 56.5 Å². The molecule has 0 aromatic rings. The molecule has 8 nitrogen and oxygen atoms in total. The molecule has 0 radical (unpaired) electrons. The topological polar surface area (TPSA) is 106 Å². The molecule has 48 heavy (non-hydrogen) atoms. The third-order valence-electron chi connectivity index (χ3n) is 6.52. The number of rotatable bonds is 29. The molecule has 0 unspecified atom stereocenters. The number of carbonyl (C=O) groups is 3. The second-order valence-electron chi connectivity index (χ2n) is 12.2. The Bertz CT molecular complexity index is 1030. The molecule has 0 heterocycles. The number of amides is 3. The molecule has 0 aromatic carbocycles. The molecule has 0 spiro atoms. The third-order valence-corrected chi connectivity index (χ3v) is 9.56. The number of ether oxygens (including phenoxy) is 1. The summed E-state index contributed by atoms with van der Waals surface area (Å²) in [5, 5.41) is 8.62. The monoisotopic (exact) mass is 837 g/mol. The molecule has 0 bridgehead atoms. The summed E-state index contributed by atoms with van der Waals surface area (Å²) in [6.45, 7) is 11.3. The Morgan fingerprint density at radius 1 is 0.729 bits per heavy atom. The zero-order valence-electron chi connectivity index (χ0n) is 29.6. The Labute approximate surface area is 318 Å². The highest BCUT2D eigenvalue weighted by Crippen LogP contribution is 2.29. The number of hydrogen-bond acceptors (Lipinski definition) is 8. The van der Waals surface area contributed by atoms with Crippen LogP contribution in [0.3, 0.4) is 0 Å². The molecule has 12 heteroatoms. The van der Waals surface area contributed by atoms with Gasteiger partial charge in [0, 0.05) is 49.4 Å². The van der Waals surface area contributed by atoms with Gasteiger partial charge in [-0.1, -0.05) is 103 Å². The Kier molecular flexibility index (Phi) is 29.9. The molecule has 0 aliphatic heterocycles. The molecule has 0 saturated heterocycles. The van der Waals surface area contributed by atoms with Crippen molar-refractivity contribution in [3.8, 4) is 0 Å². The van der Waals surface area contributed by atoms with Gasteiger partial charge >= 0.3 is 0 Å². The van der Waals surface area contributed by atoms with Gasteiger partial charge in [0.2, 0.25) is 11.8 Å². The number of carbonyl (C=O) groups excluding carboxylic acids is 3. The molecule has 0 saturated carbocycles. The van der Waals surface area contributed by atoms with Crippen molar-refractivity contribution in [2.24, 2.45) is 5.41 Å². The predicted molar refractivity (Wildman–Crippen MR) is 219 cm³/mol. The largest absolute Gasteiger partial charge is 0.365 e. The van der Waals surface area contributed by atoms with E-state index < -0.39 is 16.5 Å². The van der Waals surface area contributed by atoms with Crippen LogP contribution in [0.4, 0.5) is 0 Å². The fourth-order valence-electron chi connectivity index (χ4n) is 3.85. The first-order valence-corrected chi connectivity index (χ1v) is 20.7. The lowest BCUT2D eigenvalue weighted by Gasteiger charge is -2.33. The molecule has 0 fully saturated rings. The quantitative estimate of drug-likeness (QED) is 0.0150. The lowest BCUT2D eigenvalue weighted by atomic mass is 9.87. The summed E-state index contributed by atoms with van der Waals surface area (Å²) < 4.78 is 11.1. The fraction of sp³-hybridized carbons (Fsp3) is 0.639. The second kappa shape index (κ2) is 30.6. The fourth-order valence-corrected chi connectivity index (χ4v) is 6.65. The van der Waals surface area contributed by atoms with Gasteiger partial charge in [0.15, 0.2) is 6.10 Å². The number of thiol groups is 1. The van der Waals surface area contributed by atoms with Crippen molar-refractivity contribution in [2.45, 2.75) is 103 Å². The van der Waals surface area contributed by atoms with Crippen LogP contribution in [0.2, 0.25) is 0 Å². The van der Waals surface area contributed by atoms with Crippen LogP contribution >= 0.6 is 57.2 Å².